The first kappa shape index (κ1) is 80.2. The Morgan fingerprint density at radius 1 is 0.126 bits per heavy atom. The number of hydrogen-bond donors (Lipinski definition) is 0. The third kappa shape index (κ3) is 14.1. The summed E-state index contributed by atoms with van der Waals surface area (Å²) in [5.74, 6) is 0. The molecule has 0 fully saturated rings. The average molecular weight is 1750 g/mol. The number of rotatable bonds is 12. The molecule has 0 atom stereocenters. The van der Waals surface area contributed by atoms with Gasteiger partial charge < -0.3 is 4.42 Å². The fourth-order valence-electron chi connectivity index (χ4n) is 21.3. The molecule has 0 N–H and O–H groups in total. The van der Waals surface area contributed by atoms with Crippen molar-refractivity contribution in [1.82, 2.24) is 0 Å². The molecule has 0 saturated heterocycles. The van der Waals surface area contributed by atoms with E-state index in [1.807, 2.05) is 34.8 Å². The summed E-state index contributed by atoms with van der Waals surface area (Å²) < 4.78 is 11.8. The van der Waals surface area contributed by atoms with Crippen LogP contribution in [0.15, 0.2) is 514 Å². The smallest absolute Gasteiger partial charge is 0.143 e. The zero-order valence-electron chi connectivity index (χ0n) is 73.7. The Hall–Kier alpha value is -16.9. The van der Waals surface area contributed by atoms with Crippen LogP contribution >= 0.6 is 22.7 Å². The van der Waals surface area contributed by atoms with Crippen molar-refractivity contribution in [3.63, 3.8) is 0 Å². The second kappa shape index (κ2) is 34.4. The normalized spacial score (nSPS) is 11.6. The largest absolute Gasteiger partial charge is 0.455 e. The summed E-state index contributed by atoms with van der Waals surface area (Å²) in [5.41, 5.74) is 31.7. The van der Waals surface area contributed by atoms with Crippen LogP contribution in [0.1, 0.15) is 0 Å². The quantitative estimate of drug-likeness (QED) is 0.111. The van der Waals surface area contributed by atoms with Gasteiger partial charge in [0.15, 0.2) is 0 Å². The number of benzene rings is 24. The van der Waals surface area contributed by atoms with Crippen molar-refractivity contribution < 1.29 is 4.42 Å². The summed E-state index contributed by atoms with van der Waals surface area (Å²) >= 11 is 3.78. The molecule has 0 saturated carbocycles. The lowest BCUT2D eigenvalue weighted by Gasteiger charge is -2.21. The lowest BCUT2D eigenvalue weighted by molar-refractivity contribution is 0.670. The Labute approximate surface area is 790 Å². The first-order valence-corrected chi connectivity index (χ1v) is 48.0. The highest BCUT2D eigenvalue weighted by molar-refractivity contribution is 7.26. The topological polar surface area (TPSA) is 13.1 Å². The maximum Gasteiger partial charge on any atom is 0.143 e. The summed E-state index contributed by atoms with van der Waals surface area (Å²) in [6.45, 7) is 0. The predicted molar refractivity (Wildman–Crippen MR) is 583 cm³/mol. The monoisotopic (exact) mass is 1750 g/mol. The minimum absolute atomic E-state index is 0.917. The molecule has 3 aromatic heterocycles. The Balaban J connectivity index is 0.000000108. The second-order valence-corrected chi connectivity index (χ2v) is 36.9. The molecule has 0 aliphatic heterocycles. The van der Waals surface area contributed by atoms with Gasteiger partial charge in [-0.3, -0.25) is 0 Å². The Morgan fingerprint density at radius 2 is 0.378 bits per heavy atom. The van der Waals surface area contributed by atoms with Gasteiger partial charge in [-0.05, 0) is 217 Å². The molecule has 0 bridgehead atoms. The van der Waals surface area contributed by atoms with E-state index in [0.29, 0.717) is 0 Å². The maximum absolute atomic E-state index is 6.43. The number of fused-ring (bicyclic) bond motifs is 15. The van der Waals surface area contributed by atoms with Crippen LogP contribution in [-0.4, -0.2) is 0 Å². The first-order valence-electron chi connectivity index (χ1n) is 46.3. The lowest BCUT2D eigenvalue weighted by Crippen LogP contribution is -1.94. The molecule has 24 aromatic carbocycles. The first-order chi connectivity index (χ1) is 67.0. The standard InChI is InChI=1S/C44H28O.2C44H28S/c1-2-12-29(13-3-1)30-24-26-31(27-25-30)42-36-17-4-6-19-38(36)43(39-20-7-5-18-37(39)42)33-15-10-14-32(28-33)34-21-11-22-40-35-16-8-9-23-41(35)45-44(34)40;1-2-15-29(16-3-1)30-17-4-6-20-33(30)42-35-22-8-10-24-37(35)43(38-25-11-9-23-36(38)42)34-21-7-5-18-31(34)39-26-14-27-40-32-19-12-13-28-41(32)45-44(39)40;1-2-14-29(15-3-1)32-18-4-5-20-35(32)43-38-23-8-6-21-36(38)42(37-22-7-9-24-39(37)43)31-17-12-16-30(28-31)33-25-13-26-40-34-19-10-11-27-41(34)45-44(33)40/h3*1-28H. The van der Waals surface area contributed by atoms with Crippen LogP contribution < -0.4 is 0 Å². The summed E-state index contributed by atoms with van der Waals surface area (Å²) in [6, 6.07) is 185. The van der Waals surface area contributed by atoms with Gasteiger partial charge in [0.2, 0.25) is 0 Å². The summed E-state index contributed by atoms with van der Waals surface area (Å²) in [4.78, 5) is 0. The second-order valence-electron chi connectivity index (χ2n) is 34.8. The van der Waals surface area contributed by atoms with E-state index in [1.165, 1.54) is 227 Å². The molecule has 27 rings (SSSR count). The van der Waals surface area contributed by atoms with Crippen molar-refractivity contribution in [2.45, 2.75) is 0 Å². The predicted octanol–water partition coefficient (Wildman–Crippen LogP) is 38.6. The Kier molecular flexibility index (Phi) is 20.4. The third-order valence-corrected chi connectivity index (χ3v) is 29.7. The minimum atomic E-state index is 0.917. The number of thiophene rings is 2. The molecular formula is C132H84OS2. The van der Waals surface area contributed by atoms with Gasteiger partial charge in [0.1, 0.15) is 11.2 Å². The van der Waals surface area contributed by atoms with Crippen LogP contribution in [-0.2, 0) is 0 Å². The van der Waals surface area contributed by atoms with E-state index >= 15 is 0 Å². The van der Waals surface area contributed by atoms with E-state index in [-0.39, 0.29) is 0 Å². The fourth-order valence-corrected chi connectivity index (χ4v) is 23.8. The van der Waals surface area contributed by atoms with Crippen LogP contribution in [0, 0.1) is 0 Å². The molecular weight excluding hydrogens is 1670 g/mol. The average Bonchev–Trinajstić information content (AvgIpc) is 1.46. The molecule has 0 radical (unpaired) electrons. The molecule has 0 amide bonds. The van der Waals surface area contributed by atoms with Gasteiger partial charge in [0, 0.05) is 62.2 Å². The van der Waals surface area contributed by atoms with Crippen molar-refractivity contribution in [3.05, 3.63) is 510 Å². The third-order valence-electron chi connectivity index (χ3n) is 27.3. The van der Waals surface area contributed by atoms with Gasteiger partial charge in [-0.2, -0.15) is 0 Å². The zero-order chi connectivity index (χ0) is 89.2. The SMILES string of the molecule is c1ccc(-c2ccc(-c3c4ccccc4c(-c4cccc(-c5cccc6c5oc5ccccc56)c4)c4ccccc34)cc2)cc1.c1ccc(-c2ccccc2-c2c3ccccc3c(-c3cccc(-c4cccc5c4sc4ccccc45)c3)c3ccccc23)cc1.c1ccc(-c2ccccc2-c2c3ccccc3c(-c3ccccc3-c3cccc4c3sc3ccccc34)c3ccccc23)cc1. The molecule has 630 valence electrons. The number of para-hydroxylation sites is 2. The van der Waals surface area contributed by atoms with Crippen molar-refractivity contribution in [3.8, 4) is 134 Å². The van der Waals surface area contributed by atoms with E-state index in [0.717, 1.165) is 33.1 Å². The van der Waals surface area contributed by atoms with Crippen LogP contribution in [0.4, 0.5) is 0 Å². The molecule has 27 aromatic rings. The van der Waals surface area contributed by atoms with Gasteiger partial charge in [-0.1, -0.05) is 479 Å². The Morgan fingerprint density at radius 3 is 0.807 bits per heavy atom. The lowest BCUT2D eigenvalue weighted by atomic mass is 9.82. The molecule has 0 aliphatic rings. The molecule has 3 heterocycles. The highest BCUT2D eigenvalue weighted by atomic mass is 32.1. The number of hydrogen-bond acceptors (Lipinski definition) is 3. The van der Waals surface area contributed by atoms with Crippen molar-refractivity contribution in [1.29, 1.82) is 0 Å². The summed E-state index contributed by atoms with van der Waals surface area (Å²) in [7, 11) is 0. The minimum Gasteiger partial charge on any atom is -0.455 e. The molecule has 135 heavy (non-hydrogen) atoms. The highest BCUT2D eigenvalue weighted by Crippen LogP contribution is 2.54. The molecule has 0 aliphatic carbocycles. The van der Waals surface area contributed by atoms with E-state index in [2.05, 4.69) is 497 Å². The van der Waals surface area contributed by atoms with E-state index in [9.17, 15) is 0 Å². The van der Waals surface area contributed by atoms with Crippen LogP contribution in [0.3, 0.4) is 0 Å². The van der Waals surface area contributed by atoms with Crippen molar-refractivity contribution in [2.24, 2.45) is 0 Å². The van der Waals surface area contributed by atoms with E-state index < -0.39 is 0 Å². The highest BCUT2D eigenvalue weighted by Gasteiger charge is 2.26. The van der Waals surface area contributed by atoms with Gasteiger partial charge in [0.05, 0.1) is 0 Å². The molecule has 0 unspecified atom stereocenters. The molecule has 1 nitrogen and oxygen atoms in total. The summed E-state index contributed by atoms with van der Waals surface area (Å²) in [5, 5.41) is 22.8. The summed E-state index contributed by atoms with van der Waals surface area (Å²) in [6.07, 6.45) is 0. The van der Waals surface area contributed by atoms with Crippen LogP contribution in [0.2, 0.25) is 0 Å². The van der Waals surface area contributed by atoms with Gasteiger partial charge >= 0.3 is 0 Å². The van der Waals surface area contributed by atoms with E-state index in [4.69, 9.17) is 4.42 Å². The molecule has 0 spiro atoms. The maximum atomic E-state index is 6.43. The van der Waals surface area contributed by atoms with Crippen LogP contribution in [0.5, 0.6) is 0 Å². The Bertz CT molecular complexity index is 9130. The van der Waals surface area contributed by atoms with Gasteiger partial charge in [-0.25, -0.2) is 0 Å². The van der Waals surface area contributed by atoms with Crippen molar-refractivity contribution in [2.75, 3.05) is 0 Å². The van der Waals surface area contributed by atoms with Gasteiger partial charge in [-0.15, -0.1) is 22.7 Å². The fraction of sp³-hybridized carbons (Fsp3) is 0. The van der Waals surface area contributed by atoms with Crippen molar-refractivity contribution >= 4 is 150 Å². The van der Waals surface area contributed by atoms with Crippen LogP contribution in [0.25, 0.3) is 260 Å². The molecule has 3 heteroatoms. The van der Waals surface area contributed by atoms with Gasteiger partial charge in [0.25, 0.3) is 0 Å². The zero-order valence-corrected chi connectivity index (χ0v) is 75.4. The van der Waals surface area contributed by atoms with E-state index in [1.54, 1.807) is 0 Å². The number of furan rings is 1.